The van der Waals surface area contributed by atoms with Crippen LogP contribution in [0.5, 0.6) is 11.5 Å². The van der Waals surface area contributed by atoms with Gasteiger partial charge in [-0.2, -0.15) is 5.10 Å². The summed E-state index contributed by atoms with van der Waals surface area (Å²) in [5.41, 5.74) is 13.5. The van der Waals surface area contributed by atoms with Gasteiger partial charge in [0, 0.05) is 29.2 Å². The van der Waals surface area contributed by atoms with Crippen LogP contribution in [-0.4, -0.2) is 20.6 Å². The van der Waals surface area contributed by atoms with Crippen LogP contribution >= 0.6 is 0 Å². The lowest BCUT2D eigenvalue weighted by Crippen LogP contribution is -2.22. The fourth-order valence-electron chi connectivity index (χ4n) is 4.68. The Morgan fingerprint density at radius 2 is 1.71 bits per heavy atom. The zero-order chi connectivity index (χ0) is 26.3. The molecule has 0 aliphatic heterocycles. The Bertz CT molecular complexity index is 1650. The van der Waals surface area contributed by atoms with Crippen molar-refractivity contribution >= 4 is 22.9 Å². The highest BCUT2D eigenvalue weighted by molar-refractivity contribution is 6.00. The van der Waals surface area contributed by atoms with Crippen LogP contribution in [0.2, 0.25) is 0 Å². The van der Waals surface area contributed by atoms with E-state index in [0.29, 0.717) is 17.1 Å². The number of anilines is 2. The number of carbonyl (C=O) groups excluding carboxylic acids is 1. The van der Waals surface area contributed by atoms with Crippen molar-refractivity contribution in [3.63, 3.8) is 0 Å². The molecular formula is C30H28N6O2. The van der Waals surface area contributed by atoms with E-state index in [1.54, 1.807) is 12.4 Å². The molecule has 6 rings (SSSR count). The second kappa shape index (κ2) is 9.32. The number of fused-ring (bicyclic) bond motifs is 1. The number of para-hydroxylation sites is 1. The van der Waals surface area contributed by atoms with Crippen LogP contribution in [0, 0.1) is 13.8 Å². The molecule has 0 unspecified atom stereocenters. The van der Waals surface area contributed by atoms with Gasteiger partial charge in [0.25, 0.3) is 0 Å². The fourth-order valence-corrected chi connectivity index (χ4v) is 4.68. The predicted molar refractivity (Wildman–Crippen MR) is 149 cm³/mol. The van der Waals surface area contributed by atoms with E-state index in [9.17, 15) is 4.79 Å². The molecule has 3 aromatic carbocycles. The number of aryl methyl sites for hydroxylation is 2. The van der Waals surface area contributed by atoms with Crippen molar-refractivity contribution < 1.29 is 9.53 Å². The smallest absolute Gasteiger partial charge is 0.323 e. The van der Waals surface area contributed by atoms with E-state index in [1.807, 2.05) is 84.4 Å². The SMILES string of the molecule is Cc1ccccc1Oc1cccc(NC(=O)Nc2ccc(-c3c(C)cn4ncnc(C5(N)CC5)c34)cc2)c1. The molecule has 190 valence electrons. The first-order valence-electron chi connectivity index (χ1n) is 12.5. The number of nitrogens with zero attached hydrogens (tertiary/aromatic N) is 3. The van der Waals surface area contributed by atoms with E-state index >= 15 is 0 Å². The van der Waals surface area contributed by atoms with E-state index in [2.05, 4.69) is 27.6 Å². The first kappa shape index (κ1) is 23.7. The average Bonchev–Trinajstić information content (AvgIpc) is 3.56. The molecule has 0 atom stereocenters. The van der Waals surface area contributed by atoms with Gasteiger partial charge in [-0.1, -0.05) is 36.4 Å². The highest BCUT2D eigenvalue weighted by Gasteiger charge is 2.43. The van der Waals surface area contributed by atoms with Crippen LogP contribution in [0.3, 0.4) is 0 Å². The van der Waals surface area contributed by atoms with E-state index in [-0.39, 0.29) is 11.6 Å². The fraction of sp³-hybridized carbons (Fsp3) is 0.167. The van der Waals surface area contributed by atoms with Crippen molar-refractivity contribution in [1.29, 1.82) is 0 Å². The summed E-state index contributed by atoms with van der Waals surface area (Å²) in [5, 5.41) is 10.2. The third-order valence-electron chi connectivity index (χ3n) is 6.87. The molecule has 1 fully saturated rings. The van der Waals surface area contributed by atoms with Crippen LogP contribution in [0.15, 0.2) is 85.3 Å². The maximum absolute atomic E-state index is 12.7. The van der Waals surface area contributed by atoms with Gasteiger partial charge < -0.3 is 21.1 Å². The number of nitrogens with two attached hydrogens (primary N) is 1. The highest BCUT2D eigenvalue weighted by atomic mass is 16.5. The molecule has 1 aliphatic rings. The topological polar surface area (TPSA) is 107 Å². The van der Waals surface area contributed by atoms with Crippen LogP contribution in [0.25, 0.3) is 16.6 Å². The molecule has 1 aliphatic carbocycles. The number of hydrogen-bond donors (Lipinski definition) is 3. The largest absolute Gasteiger partial charge is 0.457 e. The van der Waals surface area contributed by atoms with Gasteiger partial charge in [0.05, 0.1) is 16.7 Å². The Hall–Kier alpha value is -4.69. The van der Waals surface area contributed by atoms with Gasteiger partial charge in [0.1, 0.15) is 17.8 Å². The summed E-state index contributed by atoms with van der Waals surface area (Å²) in [4.78, 5) is 17.3. The molecule has 38 heavy (non-hydrogen) atoms. The van der Waals surface area contributed by atoms with Crippen molar-refractivity contribution in [2.75, 3.05) is 10.6 Å². The number of rotatable bonds is 6. The van der Waals surface area contributed by atoms with Crippen LogP contribution in [0.4, 0.5) is 16.2 Å². The van der Waals surface area contributed by atoms with Crippen LogP contribution < -0.4 is 21.1 Å². The molecule has 0 bridgehead atoms. The third kappa shape index (κ3) is 4.57. The molecule has 2 aromatic heterocycles. The molecular weight excluding hydrogens is 476 g/mol. The quantitative estimate of drug-likeness (QED) is 0.248. The second-order valence-electron chi connectivity index (χ2n) is 9.80. The molecule has 4 N–H and O–H groups in total. The summed E-state index contributed by atoms with van der Waals surface area (Å²) >= 11 is 0. The van der Waals surface area contributed by atoms with Gasteiger partial charge >= 0.3 is 6.03 Å². The maximum Gasteiger partial charge on any atom is 0.323 e. The van der Waals surface area contributed by atoms with Gasteiger partial charge in [-0.3, -0.25) is 0 Å². The number of benzene rings is 3. The number of amides is 2. The second-order valence-corrected chi connectivity index (χ2v) is 9.80. The molecule has 1 saturated carbocycles. The first-order valence-corrected chi connectivity index (χ1v) is 12.5. The van der Waals surface area contributed by atoms with Gasteiger partial charge in [0.2, 0.25) is 0 Å². The van der Waals surface area contributed by atoms with E-state index in [4.69, 9.17) is 10.5 Å². The molecule has 0 radical (unpaired) electrons. The summed E-state index contributed by atoms with van der Waals surface area (Å²) in [6.45, 7) is 4.05. The Labute approximate surface area is 220 Å². The van der Waals surface area contributed by atoms with Gasteiger partial charge in [-0.15, -0.1) is 0 Å². The number of nitrogens with one attached hydrogen (secondary N) is 2. The zero-order valence-electron chi connectivity index (χ0n) is 21.2. The highest BCUT2D eigenvalue weighted by Crippen LogP contribution is 2.45. The maximum atomic E-state index is 12.7. The lowest BCUT2D eigenvalue weighted by Gasteiger charge is -2.13. The minimum absolute atomic E-state index is 0.342. The predicted octanol–water partition coefficient (Wildman–Crippen LogP) is 6.40. The van der Waals surface area contributed by atoms with E-state index in [1.165, 1.54) is 0 Å². The van der Waals surface area contributed by atoms with Gasteiger partial charge in [0.15, 0.2) is 0 Å². The van der Waals surface area contributed by atoms with Crippen molar-refractivity contribution in [2.24, 2.45) is 5.73 Å². The summed E-state index contributed by atoms with van der Waals surface area (Å²) < 4.78 is 7.84. The van der Waals surface area contributed by atoms with E-state index in [0.717, 1.165) is 52.1 Å². The molecule has 2 heterocycles. The zero-order valence-corrected chi connectivity index (χ0v) is 21.2. The number of carbonyl (C=O) groups is 1. The summed E-state index contributed by atoms with van der Waals surface area (Å²) in [6, 6.07) is 22.5. The Kier molecular flexibility index (Phi) is 5.81. The molecule has 5 aromatic rings. The molecule has 2 amide bonds. The Morgan fingerprint density at radius 3 is 2.47 bits per heavy atom. The van der Waals surface area contributed by atoms with Gasteiger partial charge in [-0.05, 0) is 73.7 Å². The number of hydrogen-bond acceptors (Lipinski definition) is 5. The molecule has 0 saturated heterocycles. The minimum atomic E-state index is -0.383. The number of aromatic nitrogens is 3. The summed E-state index contributed by atoms with van der Waals surface area (Å²) in [5.74, 6) is 1.42. The minimum Gasteiger partial charge on any atom is -0.457 e. The van der Waals surface area contributed by atoms with Gasteiger partial charge in [-0.25, -0.2) is 14.3 Å². The average molecular weight is 505 g/mol. The third-order valence-corrected chi connectivity index (χ3v) is 6.87. The lowest BCUT2D eigenvalue weighted by molar-refractivity contribution is 0.262. The van der Waals surface area contributed by atoms with E-state index < -0.39 is 0 Å². The van der Waals surface area contributed by atoms with Crippen molar-refractivity contribution in [3.05, 3.63) is 102 Å². The van der Waals surface area contributed by atoms with Crippen LogP contribution in [-0.2, 0) is 5.54 Å². The lowest BCUT2D eigenvalue weighted by atomic mass is 10.00. The Morgan fingerprint density at radius 1 is 0.947 bits per heavy atom. The summed E-state index contributed by atoms with van der Waals surface area (Å²) in [6.07, 6.45) is 5.40. The van der Waals surface area contributed by atoms with Crippen molar-refractivity contribution in [1.82, 2.24) is 14.6 Å². The number of ether oxygens (including phenoxy) is 1. The molecule has 0 spiro atoms. The summed E-state index contributed by atoms with van der Waals surface area (Å²) in [7, 11) is 0. The standard InChI is InChI=1S/C30H28N6O2/c1-19-6-3-4-9-25(19)38-24-8-5-7-23(16-24)35-29(37)34-22-12-10-21(11-13-22)26-20(2)17-36-27(26)28(32-18-33-36)30(31)14-15-30/h3-13,16-18H,14-15,31H2,1-2H3,(H2,34,35,37). The van der Waals surface area contributed by atoms with Crippen LogP contribution in [0.1, 0.15) is 29.7 Å². The molecule has 8 nitrogen and oxygen atoms in total. The van der Waals surface area contributed by atoms with Crippen molar-refractivity contribution in [3.8, 4) is 22.6 Å². The first-order chi connectivity index (χ1) is 18.4. The monoisotopic (exact) mass is 504 g/mol. The molecule has 8 heteroatoms. The normalized spacial score (nSPS) is 13.8. The Balaban J connectivity index is 1.17. The van der Waals surface area contributed by atoms with Crippen molar-refractivity contribution in [2.45, 2.75) is 32.2 Å². The number of urea groups is 1.